The normalized spacial score (nSPS) is 12.4. The van der Waals surface area contributed by atoms with E-state index in [2.05, 4.69) is 9.47 Å². The molecule has 0 aliphatic heterocycles. The molecule has 0 bridgehead atoms. The predicted molar refractivity (Wildman–Crippen MR) is 77.7 cm³/mol. The first-order valence-corrected chi connectivity index (χ1v) is 7.55. The molecule has 1 aromatic rings. The molecule has 0 heterocycles. The topological polar surface area (TPSA) is 52.6 Å². The fourth-order valence-corrected chi connectivity index (χ4v) is 3.34. The van der Waals surface area contributed by atoms with Crippen LogP contribution in [0.5, 0.6) is 0 Å². The van der Waals surface area contributed by atoms with Gasteiger partial charge in [0.1, 0.15) is 0 Å². The minimum absolute atomic E-state index is 0.0704. The Morgan fingerprint density at radius 2 is 1.55 bits per heavy atom. The number of alkyl halides is 3. The first-order chi connectivity index (χ1) is 10.3. The maximum atomic E-state index is 13.2. The van der Waals surface area contributed by atoms with Crippen molar-refractivity contribution in [1.82, 2.24) is 0 Å². The Labute approximate surface area is 128 Å². The van der Waals surface area contributed by atoms with E-state index in [1.807, 2.05) is 0 Å². The van der Waals surface area contributed by atoms with Gasteiger partial charge in [0.05, 0.1) is 14.2 Å². The Morgan fingerprint density at radius 1 is 1.05 bits per heavy atom. The molecule has 0 saturated heterocycles. The molecule has 0 amide bonds. The minimum Gasteiger partial charge on any atom is -0.465 e. The van der Waals surface area contributed by atoms with E-state index in [0.717, 1.165) is 14.2 Å². The van der Waals surface area contributed by atoms with Crippen LogP contribution in [0.4, 0.5) is 13.2 Å². The van der Waals surface area contributed by atoms with Crippen LogP contribution in [0.25, 0.3) is 0 Å². The third-order valence-corrected chi connectivity index (χ3v) is 4.70. The summed E-state index contributed by atoms with van der Waals surface area (Å²) >= 11 is 0. The van der Waals surface area contributed by atoms with Crippen LogP contribution in [0.2, 0.25) is 0 Å². The van der Waals surface area contributed by atoms with Gasteiger partial charge in [-0.2, -0.15) is 13.2 Å². The van der Waals surface area contributed by atoms with Crippen LogP contribution in [0.3, 0.4) is 0 Å². The van der Waals surface area contributed by atoms with Crippen molar-refractivity contribution in [2.24, 2.45) is 0 Å². The Kier molecular flexibility index (Phi) is 6.61. The zero-order valence-corrected chi connectivity index (χ0v) is 12.8. The summed E-state index contributed by atoms with van der Waals surface area (Å²) < 4.78 is 48.3. The van der Waals surface area contributed by atoms with Crippen LogP contribution < -0.4 is 0 Å². The quantitative estimate of drug-likeness (QED) is 0.471. The van der Waals surface area contributed by atoms with Gasteiger partial charge in [0.25, 0.3) is 0 Å². The molecular formula is C14H15F3O4S. The van der Waals surface area contributed by atoms with Crippen molar-refractivity contribution in [2.75, 3.05) is 20.0 Å². The predicted octanol–water partition coefficient (Wildman–Crippen LogP) is 2.54. The van der Waals surface area contributed by atoms with Crippen molar-refractivity contribution in [2.45, 2.75) is 11.9 Å². The molecule has 0 N–H and O–H groups in total. The summed E-state index contributed by atoms with van der Waals surface area (Å²) in [5, 5.41) is 0. The number of hydrogen-bond acceptors (Lipinski definition) is 4. The molecule has 8 heteroatoms. The lowest BCUT2D eigenvalue weighted by molar-refractivity contribution is -0.137. The van der Waals surface area contributed by atoms with Gasteiger partial charge in [-0.05, 0) is 12.0 Å². The molecule has 0 aliphatic rings. The lowest BCUT2D eigenvalue weighted by Gasteiger charge is -2.17. The maximum absolute atomic E-state index is 13.2. The van der Waals surface area contributed by atoms with Crippen molar-refractivity contribution in [3.63, 3.8) is 0 Å². The van der Waals surface area contributed by atoms with Gasteiger partial charge >= 0.3 is 17.4 Å². The number of methoxy groups -OCH3 is 2. The lowest BCUT2D eigenvalue weighted by Crippen LogP contribution is -2.30. The smallest absolute Gasteiger partial charge is 0.437 e. The first-order valence-electron chi connectivity index (χ1n) is 6.16. The van der Waals surface area contributed by atoms with Crippen molar-refractivity contribution < 1.29 is 32.2 Å². The zero-order chi connectivity index (χ0) is 16.8. The Balaban J connectivity index is 3.21. The number of hydrogen-bond donors (Lipinski definition) is 0. The fraction of sp³-hybridized carbons (Fsp3) is 0.357. The van der Waals surface area contributed by atoms with Crippen LogP contribution in [0, 0.1) is 0 Å². The lowest BCUT2D eigenvalue weighted by atomic mass is 10.2. The molecule has 0 spiro atoms. The third-order valence-electron chi connectivity index (χ3n) is 2.71. The van der Waals surface area contributed by atoms with Crippen LogP contribution in [0.15, 0.2) is 30.3 Å². The van der Waals surface area contributed by atoms with Gasteiger partial charge in [-0.3, -0.25) is 0 Å². The fourth-order valence-electron chi connectivity index (χ4n) is 1.67. The summed E-state index contributed by atoms with van der Waals surface area (Å²) in [5.74, 6) is -3.06. The molecule has 0 unspecified atom stereocenters. The molecule has 0 saturated carbocycles. The highest BCUT2D eigenvalue weighted by Gasteiger charge is 2.40. The Morgan fingerprint density at radius 3 is 1.95 bits per heavy atom. The average Bonchev–Trinajstić information content (AvgIpc) is 2.49. The van der Waals surface area contributed by atoms with Gasteiger partial charge in [-0.15, -0.1) is 0 Å². The average molecular weight is 336 g/mol. The second-order valence-corrected chi connectivity index (χ2v) is 6.15. The summed E-state index contributed by atoms with van der Waals surface area (Å²) in [6.07, 6.45) is 0.0704. The molecule has 22 heavy (non-hydrogen) atoms. The zero-order valence-electron chi connectivity index (χ0n) is 12.0. The molecule has 0 fully saturated rings. The molecule has 1 aromatic carbocycles. The first kappa shape index (κ1) is 18.2. The number of benzene rings is 1. The summed E-state index contributed by atoms with van der Waals surface area (Å²) in [6, 6.07) is 8.49. The van der Waals surface area contributed by atoms with E-state index in [1.54, 1.807) is 30.3 Å². The molecule has 4 nitrogen and oxygen atoms in total. The van der Waals surface area contributed by atoms with Gasteiger partial charge < -0.3 is 9.47 Å². The monoisotopic (exact) mass is 336 g/mol. The van der Waals surface area contributed by atoms with Crippen molar-refractivity contribution in [3.05, 3.63) is 35.9 Å². The van der Waals surface area contributed by atoms with Crippen LogP contribution >= 0.6 is 10.5 Å². The van der Waals surface area contributed by atoms with E-state index < -0.39 is 38.5 Å². The standard InChI is InChI=1S/C14H15F3O4S/c1-20-12(18)11(13(19)21-2)22(14(15,16)17)9-8-10-6-4-3-5-7-10/h3-7H,8-9H2,1-2H3/t22-/m0/s1. The second-order valence-electron chi connectivity index (χ2n) is 4.09. The number of carbonyl (C=O) groups is 2. The second kappa shape index (κ2) is 7.98. The summed E-state index contributed by atoms with van der Waals surface area (Å²) in [4.78, 5) is 22.1. The van der Waals surface area contributed by atoms with Crippen molar-refractivity contribution in [1.29, 1.82) is 0 Å². The molecule has 0 aliphatic carbocycles. The number of esters is 2. The minimum atomic E-state index is -4.73. The van der Waals surface area contributed by atoms with E-state index in [-0.39, 0.29) is 6.42 Å². The largest absolute Gasteiger partial charge is 0.465 e. The highest BCUT2D eigenvalue weighted by Crippen LogP contribution is 2.39. The number of ether oxygens (including phenoxy) is 2. The van der Waals surface area contributed by atoms with Gasteiger partial charge in [0, 0.05) is 5.75 Å². The molecule has 122 valence electrons. The number of halogens is 3. The molecule has 1 atom stereocenters. The number of aryl methyl sites for hydroxylation is 1. The molecular weight excluding hydrogens is 321 g/mol. The van der Waals surface area contributed by atoms with Gasteiger partial charge in [-0.25, -0.2) is 9.59 Å². The maximum Gasteiger partial charge on any atom is 0.437 e. The Bertz CT molecular complexity index is 549. The number of carbonyl (C=O) groups excluding carboxylic acids is 2. The molecule has 0 radical (unpaired) electrons. The van der Waals surface area contributed by atoms with Crippen LogP contribution in [-0.4, -0.2) is 42.3 Å². The van der Waals surface area contributed by atoms with E-state index in [0.29, 0.717) is 5.56 Å². The number of rotatable bonds is 5. The van der Waals surface area contributed by atoms with Gasteiger partial charge in [0.2, 0.25) is 0 Å². The highest BCUT2D eigenvalue weighted by atomic mass is 32.2. The van der Waals surface area contributed by atoms with E-state index in [4.69, 9.17) is 0 Å². The van der Waals surface area contributed by atoms with E-state index >= 15 is 0 Å². The third kappa shape index (κ3) is 4.87. The molecule has 0 aromatic heterocycles. The van der Waals surface area contributed by atoms with Crippen LogP contribution in [0.1, 0.15) is 5.56 Å². The summed E-state index contributed by atoms with van der Waals surface area (Å²) in [7, 11) is -0.738. The Hall–Kier alpha value is -1.83. The van der Waals surface area contributed by atoms with Gasteiger partial charge in [-0.1, -0.05) is 40.8 Å². The van der Waals surface area contributed by atoms with E-state index in [9.17, 15) is 22.8 Å². The van der Waals surface area contributed by atoms with Crippen LogP contribution in [-0.2, 0) is 25.5 Å². The van der Waals surface area contributed by atoms with Gasteiger partial charge in [0.15, 0.2) is 4.86 Å². The van der Waals surface area contributed by atoms with Crippen molar-refractivity contribution >= 4 is 27.3 Å². The highest BCUT2D eigenvalue weighted by molar-refractivity contribution is 8.18. The van der Waals surface area contributed by atoms with E-state index in [1.165, 1.54) is 0 Å². The summed E-state index contributed by atoms with van der Waals surface area (Å²) in [6.45, 7) is 0. The SMILES string of the molecule is COC(=O)C(C(=O)OC)=[S@](CCc1ccccc1)C(F)(F)F. The van der Waals surface area contributed by atoms with Crippen molar-refractivity contribution in [3.8, 4) is 0 Å². The summed E-state index contributed by atoms with van der Waals surface area (Å²) in [5.41, 5.74) is -4.05. The molecule has 1 rings (SSSR count).